The van der Waals surface area contributed by atoms with E-state index in [9.17, 15) is 4.79 Å². The summed E-state index contributed by atoms with van der Waals surface area (Å²) in [5.74, 6) is 2.24. The number of aromatic amines is 1. The first-order chi connectivity index (χ1) is 14.1. The first-order valence-electron chi connectivity index (χ1n) is 8.98. The molecule has 0 aliphatic rings. The highest BCUT2D eigenvalue weighted by Crippen LogP contribution is 2.27. The molecule has 0 spiro atoms. The third kappa shape index (κ3) is 5.13. The Bertz CT molecular complexity index is 1050. The molecule has 2 aromatic carbocycles. The van der Waals surface area contributed by atoms with Gasteiger partial charge in [0.2, 0.25) is 5.95 Å². The summed E-state index contributed by atoms with van der Waals surface area (Å²) >= 11 is 0. The second-order valence-corrected chi connectivity index (χ2v) is 5.92. The Labute approximate surface area is 168 Å². The Hall–Kier alpha value is -3.81. The zero-order valence-corrected chi connectivity index (χ0v) is 16.4. The van der Waals surface area contributed by atoms with Gasteiger partial charge in [-0.1, -0.05) is 0 Å². The molecule has 1 aromatic heterocycles. The Morgan fingerprint density at radius 1 is 1.07 bits per heavy atom. The number of hydrogen-bond donors (Lipinski definition) is 2. The first-order valence-corrected chi connectivity index (χ1v) is 8.98. The van der Waals surface area contributed by atoms with Gasteiger partial charge in [0.15, 0.2) is 11.5 Å². The van der Waals surface area contributed by atoms with Gasteiger partial charge in [0.05, 0.1) is 32.7 Å². The van der Waals surface area contributed by atoms with Crippen molar-refractivity contribution in [3.63, 3.8) is 0 Å². The molecule has 0 fully saturated rings. The summed E-state index contributed by atoms with van der Waals surface area (Å²) < 4.78 is 16.0. The van der Waals surface area contributed by atoms with Crippen molar-refractivity contribution in [3.05, 3.63) is 64.4 Å². The molecule has 3 aromatic rings. The van der Waals surface area contributed by atoms with Gasteiger partial charge in [-0.25, -0.2) is 10.4 Å². The van der Waals surface area contributed by atoms with Crippen LogP contribution < -0.4 is 25.2 Å². The number of nitrogens with zero attached hydrogens (tertiary/aromatic N) is 2. The van der Waals surface area contributed by atoms with E-state index in [1.165, 1.54) is 6.07 Å². The maximum Gasteiger partial charge on any atom is 0.252 e. The number of methoxy groups -OCH3 is 2. The monoisotopic (exact) mass is 394 g/mol. The molecule has 1 heterocycles. The van der Waals surface area contributed by atoms with Crippen LogP contribution in [0.5, 0.6) is 17.2 Å². The van der Waals surface area contributed by atoms with Crippen molar-refractivity contribution in [2.45, 2.75) is 6.92 Å². The van der Waals surface area contributed by atoms with E-state index in [-0.39, 0.29) is 11.5 Å². The molecule has 0 atom stereocenters. The van der Waals surface area contributed by atoms with E-state index in [1.54, 1.807) is 26.5 Å². The lowest BCUT2D eigenvalue weighted by molar-refractivity contribution is 0.311. The number of nitrogens with one attached hydrogen (secondary N) is 2. The molecule has 0 unspecified atom stereocenters. The maximum absolute atomic E-state index is 12.0. The smallest absolute Gasteiger partial charge is 0.252 e. The highest BCUT2D eigenvalue weighted by atomic mass is 16.5. The van der Waals surface area contributed by atoms with Crippen LogP contribution in [0, 0.1) is 0 Å². The lowest BCUT2D eigenvalue weighted by atomic mass is 10.1. The van der Waals surface area contributed by atoms with E-state index in [0.29, 0.717) is 23.8 Å². The molecule has 0 amide bonds. The van der Waals surface area contributed by atoms with Crippen molar-refractivity contribution in [2.75, 3.05) is 26.3 Å². The average Bonchev–Trinajstić information content (AvgIpc) is 2.74. The molecule has 0 radical (unpaired) electrons. The van der Waals surface area contributed by atoms with Crippen LogP contribution in [0.2, 0.25) is 0 Å². The molecule has 8 nitrogen and oxygen atoms in total. The number of benzene rings is 2. The van der Waals surface area contributed by atoms with Gasteiger partial charge in [-0.05, 0) is 55.0 Å². The second-order valence-electron chi connectivity index (χ2n) is 5.92. The minimum absolute atomic E-state index is 0.234. The van der Waals surface area contributed by atoms with Gasteiger partial charge in [-0.3, -0.25) is 9.78 Å². The summed E-state index contributed by atoms with van der Waals surface area (Å²) in [5, 5.41) is 4.15. The first kappa shape index (κ1) is 19.9. The Kier molecular flexibility index (Phi) is 6.47. The van der Waals surface area contributed by atoms with Gasteiger partial charge in [0.1, 0.15) is 5.75 Å². The number of anilines is 1. The summed E-state index contributed by atoms with van der Waals surface area (Å²) in [7, 11) is 3.19. The molecule has 150 valence electrons. The molecule has 0 saturated heterocycles. The molecule has 8 heteroatoms. The van der Waals surface area contributed by atoms with E-state index < -0.39 is 0 Å². The molecular formula is C21H22N4O4. The number of H-pyrrole nitrogens is 1. The van der Waals surface area contributed by atoms with Crippen molar-refractivity contribution in [3.8, 4) is 28.5 Å². The van der Waals surface area contributed by atoms with Crippen LogP contribution in [-0.2, 0) is 0 Å². The van der Waals surface area contributed by atoms with E-state index in [1.807, 2.05) is 43.3 Å². The number of aromatic nitrogens is 2. The second kappa shape index (κ2) is 9.41. The van der Waals surface area contributed by atoms with Gasteiger partial charge < -0.3 is 14.2 Å². The van der Waals surface area contributed by atoms with E-state index >= 15 is 0 Å². The fourth-order valence-corrected chi connectivity index (χ4v) is 2.63. The Morgan fingerprint density at radius 3 is 2.55 bits per heavy atom. The molecule has 29 heavy (non-hydrogen) atoms. The zero-order chi connectivity index (χ0) is 20.6. The van der Waals surface area contributed by atoms with Crippen LogP contribution in [-0.4, -0.2) is 37.0 Å². The normalized spacial score (nSPS) is 10.7. The number of hydrogen-bond acceptors (Lipinski definition) is 7. The van der Waals surface area contributed by atoms with Crippen LogP contribution in [0.4, 0.5) is 5.95 Å². The van der Waals surface area contributed by atoms with Crippen LogP contribution in [0.25, 0.3) is 11.3 Å². The molecule has 0 saturated carbocycles. The summed E-state index contributed by atoms with van der Waals surface area (Å²) in [6, 6.07) is 14.2. The summed E-state index contributed by atoms with van der Waals surface area (Å²) in [6.07, 6.45) is 1.60. The standard InChI is InChI=1S/C21H22N4O4/c1-4-29-19-11-14(5-10-18(19)28-3)13-22-25-21-23-17(12-20(26)24-21)15-6-8-16(27-2)9-7-15/h5-13H,4H2,1-3H3,(H2,23,24,25,26)/b22-13-. The highest BCUT2D eigenvalue weighted by Gasteiger charge is 2.06. The highest BCUT2D eigenvalue weighted by molar-refractivity contribution is 5.81. The largest absolute Gasteiger partial charge is 0.497 e. The van der Waals surface area contributed by atoms with Gasteiger partial charge >= 0.3 is 0 Å². The van der Waals surface area contributed by atoms with E-state index in [2.05, 4.69) is 20.5 Å². The average molecular weight is 394 g/mol. The molecule has 0 aliphatic carbocycles. The minimum atomic E-state index is -0.286. The Morgan fingerprint density at radius 2 is 1.86 bits per heavy atom. The van der Waals surface area contributed by atoms with Crippen LogP contribution >= 0.6 is 0 Å². The van der Waals surface area contributed by atoms with Crippen LogP contribution in [0.1, 0.15) is 12.5 Å². The summed E-state index contributed by atoms with van der Waals surface area (Å²) in [6.45, 7) is 2.43. The fourth-order valence-electron chi connectivity index (χ4n) is 2.63. The number of rotatable bonds is 8. The Balaban J connectivity index is 1.77. The van der Waals surface area contributed by atoms with Crippen molar-refractivity contribution < 1.29 is 14.2 Å². The fraction of sp³-hybridized carbons (Fsp3) is 0.190. The van der Waals surface area contributed by atoms with Crippen molar-refractivity contribution in [1.82, 2.24) is 9.97 Å². The van der Waals surface area contributed by atoms with Gasteiger partial charge in [0.25, 0.3) is 5.56 Å². The predicted octanol–water partition coefficient (Wildman–Crippen LogP) is 3.30. The third-order valence-corrected chi connectivity index (χ3v) is 4.00. The lowest BCUT2D eigenvalue weighted by Gasteiger charge is -2.09. The molecular weight excluding hydrogens is 372 g/mol. The van der Waals surface area contributed by atoms with Gasteiger partial charge in [-0.15, -0.1) is 0 Å². The lowest BCUT2D eigenvalue weighted by Crippen LogP contribution is -2.10. The van der Waals surface area contributed by atoms with Gasteiger partial charge in [0, 0.05) is 11.6 Å². The molecule has 3 rings (SSSR count). The van der Waals surface area contributed by atoms with Crippen molar-refractivity contribution >= 4 is 12.2 Å². The predicted molar refractivity (Wildman–Crippen MR) is 112 cm³/mol. The van der Waals surface area contributed by atoms with Crippen molar-refractivity contribution in [2.24, 2.45) is 5.10 Å². The van der Waals surface area contributed by atoms with Crippen LogP contribution in [0.3, 0.4) is 0 Å². The topological polar surface area (TPSA) is 97.8 Å². The number of hydrazone groups is 1. The van der Waals surface area contributed by atoms with Gasteiger partial charge in [-0.2, -0.15) is 5.10 Å². The van der Waals surface area contributed by atoms with Crippen molar-refractivity contribution in [1.29, 1.82) is 0 Å². The molecule has 0 bridgehead atoms. The molecule has 2 N–H and O–H groups in total. The molecule has 0 aliphatic heterocycles. The minimum Gasteiger partial charge on any atom is -0.497 e. The van der Waals surface area contributed by atoms with Crippen LogP contribution in [0.15, 0.2) is 58.4 Å². The summed E-state index contributed by atoms with van der Waals surface area (Å²) in [5.41, 5.74) is 4.59. The third-order valence-electron chi connectivity index (χ3n) is 4.00. The van der Waals surface area contributed by atoms with E-state index in [0.717, 1.165) is 16.9 Å². The van der Waals surface area contributed by atoms with E-state index in [4.69, 9.17) is 14.2 Å². The zero-order valence-electron chi connectivity index (χ0n) is 16.4. The maximum atomic E-state index is 12.0. The SMILES string of the molecule is CCOc1cc(/C=N\Nc2nc(-c3ccc(OC)cc3)cc(=O)[nH]2)ccc1OC. The number of ether oxygens (including phenoxy) is 3. The summed E-state index contributed by atoms with van der Waals surface area (Å²) in [4.78, 5) is 19.0. The quantitative estimate of drug-likeness (QED) is 0.449.